The van der Waals surface area contributed by atoms with Crippen LogP contribution in [0.3, 0.4) is 0 Å². The van der Waals surface area contributed by atoms with Crippen LogP contribution in [0.5, 0.6) is 0 Å². The van der Waals surface area contributed by atoms with Gasteiger partial charge in [-0.15, -0.1) is 11.3 Å². The minimum absolute atomic E-state index is 0.0490. The lowest BCUT2D eigenvalue weighted by Crippen LogP contribution is -2.40. The Bertz CT molecular complexity index is 709. The topological polar surface area (TPSA) is 46.6 Å². The molecule has 0 unspecified atom stereocenters. The van der Waals surface area contributed by atoms with Crippen LogP contribution in [-0.2, 0) is 16.1 Å². The number of carbonyl (C=O) groups excluding carboxylic acids is 2. The minimum Gasteiger partial charge on any atom is -0.461 e. The van der Waals surface area contributed by atoms with Gasteiger partial charge in [0, 0.05) is 23.7 Å². The van der Waals surface area contributed by atoms with Crippen molar-refractivity contribution >= 4 is 34.8 Å². The van der Waals surface area contributed by atoms with E-state index in [9.17, 15) is 9.59 Å². The number of thiophene rings is 1. The Kier molecular flexibility index (Phi) is 5.53. The Morgan fingerprint density at radius 3 is 2.58 bits per heavy atom. The van der Waals surface area contributed by atoms with Crippen LogP contribution in [-0.4, -0.2) is 29.9 Å². The molecule has 0 saturated carbocycles. The molecule has 1 fully saturated rings. The lowest BCUT2D eigenvalue weighted by atomic mass is 9.97. The van der Waals surface area contributed by atoms with E-state index in [2.05, 4.69) is 0 Å². The summed E-state index contributed by atoms with van der Waals surface area (Å²) in [4.78, 5) is 27.1. The molecule has 0 radical (unpaired) electrons. The summed E-state index contributed by atoms with van der Waals surface area (Å²) in [7, 11) is 0. The number of carbonyl (C=O) groups is 2. The number of piperidine rings is 1. The molecule has 0 aliphatic carbocycles. The summed E-state index contributed by atoms with van der Waals surface area (Å²) in [6, 6.07) is 11.0. The molecular weight excluding hydrogens is 346 g/mol. The van der Waals surface area contributed by atoms with E-state index in [4.69, 9.17) is 16.3 Å². The third kappa shape index (κ3) is 3.97. The standard InChI is InChI=1S/C18H18ClNO3S/c19-15-5-2-1-4-14(15)12-23-18(22)13-7-9-20(10-8-13)17(21)16-6-3-11-24-16/h1-6,11,13H,7-10,12H2. The summed E-state index contributed by atoms with van der Waals surface area (Å²) < 4.78 is 5.39. The van der Waals surface area contributed by atoms with Crippen molar-refractivity contribution in [2.45, 2.75) is 19.4 Å². The summed E-state index contributed by atoms with van der Waals surface area (Å²) in [5.41, 5.74) is 0.804. The number of hydrogen-bond acceptors (Lipinski definition) is 4. The van der Waals surface area contributed by atoms with Crippen LogP contribution in [0.15, 0.2) is 41.8 Å². The molecule has 126 valence electrons. The third-order valence-electron chi connectivity index (χ3n) is 4.18. The number of rotatable bonds is 4. The van der Waals surface area contributed by atoms with Crippen molar-refractivity contribution in [1.82, 2.24) is 4.90 Å². The zero-order chi connectivity index (χ0) is 16.9. The predicted molar refractivity (Wildman–Crippen MR) is 94.2 cm³/mol. The Balaban J connectivity index is 1.48. The molecule has 1 aliphatic rings. The van der Waals surface area contributed by atoms with E-state index in [0.717, 1.165) is 10.4 Å². The quantitative estimate of drug-likeness (QED) is 0.771. The van der Waals surface area contributed by atoms with Gasteiger partial charge in [0.05, 0.1) is 10.8 Å². The molecule has 24 heavy (non-hydrogen) atoms. The first kappa shape index (κ1) is 17.0. The number of halogens is 1. The second-order valence-corrected chi connectivity index (χ2v) is 7.10. The summed E-state index contributed by atoms with van der Waals surface area (Å²) in [6.45, 7) is 1.36. The zero-order valence-electron chi connectivity index (χ0n) is 13.1. The SMILES string of the molecule is O=C(OCc1ccccc1Cl)C1CCN(C(=O)c2cccs2)CC1. The van der Waals surface area contributed by atoms with E-state index in [1.165, 1.54) is 11.3 Å². The average Bonchev–Trinajstić information content (AvgIpc) is 3.15. The van der Waals surface area contributed by atoms with Gasteiger partial charge in [0.25, 0.3) is 5.91 Å². The molecule has 1 aliphatic heterocycles. The highest BCUT2D eigenvalue weighted by Crippen LogP contribution is 2.23. The molecule has 0 bridgehead atoms. The molecule has 2 aromatic rings. The van der Waals surface area contributed by atoms with Crippen LogP contribution >= 0.6 is 22.9 Å². The van der Waals surface area contributed by atoms with Gasteiger partial charge in [-0.2, -0.15) is 0 Å². The first-order valence-electron chi connectivity index (χ1n) is 7.88. The van der Waals surface area contributed by atoms with Crippen LogP contribution in [0.2, 0.25) is 5.02 Å². The molecule has 1 amide bonds. The average molecular weight is 364 g/mol. The van der Waals surface area contributed by atoms with E-state index >= 15 is 0 Å². The second-order valence-electron chi connectivity index (χ2n) is 5.74. The summed E-state index contributed by atoms with van der Waals surface area (Å²) in [5.74, 6) is -0.314. The van der Waals surface area contributed by atoms with E-state index in [1.807, 2.05) is 40.6 Å². The molecule has 0 N–H and O–H groups in total. The monoisotopic (exact) mass is 363 g/mol. The van der Waals surface area contributed by atoms with Gasteiger partial charge in [0.1, 0.15) is 6.61 Å². The summed E-state index contributed by atoms with van der Waals surface area (Å²) in [5, 5.41) is 2.49. The second kappa shape index (κ2) is 7.81. The van der Waals surface area contributed by atoms with Gasteiger partial charge >= 0.3 is 5.97 Å². The van der Waals surface area contributed by atoms with Gasteiger partial charge in [0.15, 0.2) is 0 Å². The number of nitrogens with zero attached hydrogens (tertiary/aromatic N) is 1. The Labute approximate surface area is 150 Å². The maximum atomic E-state index is 12.3. The van der Waals surface area contributed by atoms with E-state index in [1.54, 1.807) is 6.07 Å². The van der Waals surface area contributed by atoms with Gasteiger partial charge < -0.3 is 9.64 Å². The predicted octanol–water partition coefficient (Wildman–Crippen LogP) is 4.00. The van der Waals surface area contributed by atoms with Crippen LogP contribution in [0, 0.1) is 5.92 Å². The molecule has 2 heterocycles. The van der Waals surface area contributed by atoms with Crippen molar-refractivity contribution in [3.63, 3.8) is 0 Å². The fourth-order valence-corrected chi connectivity index (χ4v) is 3.64. The van der Waals surface area contributed by atoms with Gasteiger partial charge in [-0.1, -0.05) is 35.9 Å². The number of esters is 1. The number of amides is 1. The van der Waals surface area contributed by atoms with Crippen molar-refractivity contribution in [2.75, 3.05) is 13.1 Å². The van der Waals surface area contributed by atoms with Crippen molar-refractivity contribution in [2.24, 2.45) is 5.92 Å². The highest BCUT2D eigenvalue weighted by molar-refractivity contribution is 7.12. The van der Waals surface area contributed by atoms with Gasteiger partial charge in [0.2, 0.25) is 0 Å². The molecule has 4 nitrogen and oxygen atoms in total. The Morgan fingerprint density at radius 1 is 1.17 bits per heavy atom. The zero-order valence-corrected chi connectivity index (χ0v) is 14.7. The van der Waals surface area contributed by atoms with E-state index < -0.39 is 0 Å². The van der Waals surface area contributed by atoms with Crippen LogP contribution < -0.4 is 0 Å². The van der Waals surface area contributed by atoms with Gasteiger partial charge in [-0.25, -0.2) is 0 Å². The third-order valence-corrected chi connectivity index (χ3v) is 5.40. The first-order chi connectivity index (χ1) is 11.6. The van der Waals surface area contributed by atoms with Crippen molar-refractivity contribution in [1.29, 1.82) is 0 Å². The van der Waals surface area contributed by atoms with Crippen LogP contribution in [0.25, 0.3) is 0 Å². The number of hydrogen-bond donors (Lipinski definition) is 0. The molecule has 0 atom stereocenters. The Morgan fingerprint density at radius 2 is 1.92 bits per heavy atom. The fraction of sp³-hybridized carbons (Fsp3) is 0.333. The number of ether oxygens (including phenoxy) is 1. The summed E-state index contributed by atoms with van der Waals surface area (Å²) >= 11 is 7.51. The maximum absolute atomic E-state index is 12.3. The van der Waals surface area contributed by atoms with Gasteiger partial charge in [-0.05, 0) is 30.4 Å². The van der Waals surface area contributed by atoms with E-state index in [0.29, 0.717) is 31.0 Å². The number of benzene rings is 1. The lowest BCUT2D eigenvalue weighted by Gasteiger charge is -2.30. The molecule has 6 heteroatoms. The van der Waals surface area contributed by atoms with E-state index in [-0.39, 0.29) is 24.4 Å². The highest BCUT2D eigenvalue weighted by Gasteiger charge is 2.29. The van der Waals surface area contributed by atoms with Crippen LogP contribution in [0.4, 0.5) is 0 Å². The molecule has 0 spiro atoms. The number of likely N-dealkylation sites (tertiary alicyclic amines) is 1. The summed E-state index contributed by atoms with van der Waals surface area (Å²) in [6.07, 6.45) is 1.27. The van der Waals surface area contributed by atoms with Crippen molar-refractivity contribution in [3.8, 4) is 0 Å². The Hall–Kier alpha value is -1.85. The van der Waals surface area contributed by atoms with Crippen molar-refractivity contribution in [3.05, 3.63) is 57.2 Å². The first-order valence-corrected chi connectivity index (χ1v) is 9.13. The molecular formula is C18H18ClNO3S. The fourth-order valence-electron chi connectivity index (χ4n) is 2.76. The smallest absolute Gasteiger partial charge is 0.309 e. The normalized spacial score (nSPS) is 15.3. The molecule has 1 aromatic heterocycles. The van der Waals surface area contributed by atoms with Gasteiger partial charge in [-0.3, -0.25) is 9.59 Å². The molecule has 1 saturated heterocycles. The van der Waals surface area contributed by atoms with Crippen LogP contribution in [0.1, 0.15) is 28.1 Å². The molecule has 3 rings (SSSR count). The van der Waals surface area contributed by atoms with Crippen molar-refractivity contribution < 1.29 is 14.3 Å². The largest absolute Gasteiger partial charge is 0.461 e. The minimum atomic E-state index is -0.210. The molecule has 1 aromatic carbocycles. The highest BCUT2D eigenvalue weighted by atomic mass is 35.5. The maximum Gasteiger partial charge on any atom is 0.309 e. The lowest BCUT2D eigenvalue weighted by molar-refractivity contribution is -0.151.